The zero-order chi connectivity index (χ0) is 14.7. The molecule has 2 rings (SSSR count). The van der Waals surface area contributed by atoms with E-state index in [0.29, 0.717) is 11.4 Å². The number of hydrogen-bond donors (Lipinski definition) is 1. The molecule has 6 nitrogen and oxygen atoms in total. The van der Waals surface area contributed by atoms with Crippen molar-refractivity contribution in [2.24, 2.45) is 0 Å². The van der Waals surface area contributed by atoms with Crippen LogP contribution in [-0.2, 0) is 0 Å². The second-order valence-corrected chi connectivity index (χ2v) is 3.92. The molecule has 2 N–H and O–H groups in total. The molecule has 0 aliphatic heterocycles. The summed E-state index contributed by atoms with van der Waals surface area (Å²) < 4.78 is 6.17. The molecule has 0 saturated carbocycles. The van der Waals surface area contributed by atoms with Gasteiger partial charge in [-0.25, -0.2) is 0 Å². The predicted octanol–water partition coefficient (Wildman–Crippen LogP) is 1.17. The lowest BCUT2D eigenvalue weighted by molar-refractivity contribution is 0.414. The molecular formula is C14H10N4O2. The zero-order valence-corrected chi connectivity index (χ0v) is 10.6. The Hall–Kier alpha value is -3.25. The van der Waals surface area contributed by atoms with Gasteiger partial charge in [-0.3, -0.25) is 9.36 Å². The third-order valence-electron chi connectivity index (χ3n) is 2.81. The summed E-state index contributed by atoms with van der Waals surface area (Å²) in [5, 5.41) is 18.0. The molecule has 0 spiro atoms. The summed E-state index contributed by atoms with van der Waals surface area (Å²) in [6, 6.07) is 11.4. The Kier molecular flexibility index (Phi) is 3.41. The fourth-order valence-electron chi connectivity index (χ4n) is 1.79. The second kappa shape index (κ2) is 5.17. The van der Waals surface area contributed by atoms with Gasteiger partial charge in [-0.1, -0.05) is 0 Å². The number of benzene rings is 1. The minimum atomic E-state index is -0.561. The molecule has 0 fully saturated rings. The highest BCUT2D eigenvalue weighted by atomic mass is 16.5. The number of methoxy groups -OCH3 is 1. The quantitative estimate of drug-likeness (QED) is 0.878. The number of anilines is 1. The van der Waals surface area contributed by atoms with E-state index in [1.54, 1.807) is 30.3 Å². The lowest BCUT2D eigenvalue weighted by atomic mass is 10.2. The van der Waals surface area contributed by atoms with Crippen molar-refractivity contribution in [3.8, 4) is 23.6 Å². The van der Waals surface area contributed by atoms with E-state index in [-0.39, 0.29) is 16.9 Å². The summed E-state index contributed by atoms with van der Waals surface area (Å²) in [7, 11) is 1.53. The lowest BCUT2D eigenvalue weighted by Crippen LogP contribution is -2.24. The highest BCUT2D eigenvalue weighted by Crippen LogP contribution is 2.18. The van der Waals surface area contributed by atoms with Crippen molar-refractivity contribution < 1.29 is 4.74 Å². The SMILES string of the molecule is COc1ccc(-n2c(N)c(C#N)cc(C#N)c2=O)cc1. The molecule has 0 bridgehead atoms. The fourth-order valence-corrected chi connectivity index (χ4v) is 1.79. The molecule has 0 amide bonds. The number of nitrogens with zero attached hydrogens (tertiary/aromatic N) is 3. The van der Waals surface area contributed by atoms with E-state index in [1.807, 2.05) is 6.07 Å². The second-order valence-electron chi connectivity index (χ2n) is 3.92. The van der Waals surface area contributed by atoms with Crippen LogP contribution in [0.25, 0.3) is 5.69 Å². The minimum absolute atomic E-state index is 0.00154. The van der Waals surface area contributed by atoms with Crippen LogP contribution >= 0.6 is 0 Å². The van der Waals surface area contributed by atoms with Crippen LogP contribution in [0.4, 0.5) is 5.82 Å². The molecule has 0 aliphatic carbocycles. The van der Waals surface area contributed by atoms with Crippen LogP contribution in [0.2, 0.25) is 0 Å². The van der Waals surface area contributed by atoms with E-state index in [9.17, 15) is 4.79 Å². The number of nitriles is 2. The van der Waals surface area contributed by atoms with E-state index in [4.69, 9.17) is 21.0 Å². The first kappa shape index (κ1) is 13.2. The van der Waals surface area contributed by atoms with Crippen molar-refractivity contribution in [2.45, 2.75) is 0 Å². The summed E-state index contributed by atoms with van der Waals surface area (Å²) in [6.07, 6.45) is 0. The summed E-state index contributed by atoms with van der Waals surface area (Å²) in [5.41, 5.74) is 5.67. The first-order valence-corrected chi connectivity index (χ1v) is 5.62. The number of rotatable bonds is 2. The molecule has 98 valence electrons. The maximum absolute atomic E-state index is 12.2. The van der Waals surface area contributed by atoms with Crippen molar-refractivity contribution in [1.29, 1.82) is 10.5 Å². The molecule has 0 atom stereocenters. The van der Waals surface area contributed by atoms with Crippen LogP contribution in [0, 0.1) is 22.7 Å². The minimum Gasteiger partial charge on any atom is -0.497 e. The number of nitrogens with two attached hydrogens (primary N) is 1. The number of ether oxygens (including phenoxy) is 1. The van der Waals surface area contributed by atoms with Crippen molar-refractivity contribution in [1.82, 2.24) is 4.57 Å². The van der Waals surface area contributed by atoms with Crippen LogP contribution < -0.4 is 16.0 Å². The van der Waals surface area contributed by atoms with Crippen LogP contribution in [0.3, 0.4) is 0 Å². The third-order valence-corrected chi connectivity index (χ3v) is 2.81. The van der Waals surface area contributed by atoms with Gasteiger partial charge in [-0.2, -0.15) is 10.5 Å². The van der Waals surface area contributed by atoms with Crippen molar-refractivity contribution in [3.05, 3.63) is 51.8 Å². The van der Waals surface area contributed by atoms with Gasteiger partial charge in [0.15, 0.2) is 0 Å². The largest absolute Gasteiger partial charge is 0.497 e. The van der Waals surface area contributed by atoms with E-state index in [1.165, 1.54) is 13.2 Å². The third kappa shape index (κ3) is 2.06. The van der Waals surface area contributed by atoms with Gasteiger partial charge in [-0.05, 0) is 30.3 Å². The molecule has 20 heavy (non-hydrogen) atoms. The highest BCUT2D eigenvalue weighted by Gasteiger charge is 2.13. The van der Waals surface area contributed by atoms with Crippen molar-refractivity contribution >= 4 is 5.82 Å². The summed E-state index contributed by atoms with van der Waals surface area (Å²) in [4.78, 5) is 12.2. The van der Waals surface area contributed by atoms with Crippen molar-refractivity contribution in [2.75, 3.05) is 12.8 Å². The molecule has 0 saturated heterocycles. The summed E-state index contributed by atoms with van der Waals surface area (Å²) in [5.74, 6) is 0.624. The van der Waals surface area contributed by atoms with E-state index in [0.717, 1.165) is 4.57 Å². The van der Waals surface area contributed by atoms with Crippen LogP contribution in [0.15, 0.2) is 35.1 Å². The van der Waals surface area contributed by atoms with Crippen LogP contribution in [0.5, 0.6) is 5.75 Å². The molecule has 1 aromatic carbocycles. The van der Waals surface area contributed by atoms with Gasteiger partial charge in [-0.15, -0.1) is 0 Å². The molecular weight excluding hydrogens is 256 g/mol. The predicted molar refractivity (Wildman–Crippen MR) is 72.4 cm³/mol. The lowest BCUT2D eigenvalue weighted by Gasteiger charge is -2.11. The summed E-state index contributed by atoms with van der Waals surface area (Å²) >= 11 is 0. The smallest absolute Gasteiger partial charge is 0.274 e. The zero-order valence-electron chi connectivity index (χ0n) is 10.6. The Bertz CT molecular complexity index is 792. The monoisotopic (exact) mass is 266 g/mol. The Morgan fingerprint density at radius 2 is 1.75 bits per heavy atom. The van der Waals surface area contributed by atoms with E-state index < -0.39 is 5.56 Å². The van der Waals surface area contributed by atoms with Gasteiger partial charge in [0.2, 0.25) is 0 Å². The van der Waals surface area contributed by atoms with E-state index in [2.05, 4.69) is 0 Å². The topological polar surface area (TPSA) is 105 Å². The average molecular weight is 266 g/mol. The number of hydrogen-bond acceptors (Lipinski definition) is 5. The van der Waals surface area contributed by atoms with Crippen LogP contribution in [-0.4, -0.2) is 11.7 Å². The molecule has 1 aromatic heterocycles. The average Bonchev–Trinajstić information content (AvgIpc) is 2.48. The first-order valence-electron chi connectivity index (χ1n) is 5.62. The van der Waals surface area contributed by atoms with Gasteiger partial charge in [0.1, 0.15) is 29.3 Å². The van der Waals surface area contributed by atoms with Gasteiger partial charge in [0.05, 0.1) is 18.4 Å². The molecule has 0 aliphatic rings. The Balaban J connectivity index is 2.76. The number of nitrogen functional groups attached to an aromatic ring is 1. The molecule has 6 heteroatoms. The number of aromatic nitrogens is 1. The fraction of sp³-hybridized carbons (Fsp3) is 0.0714. The first-order chi connectivity index (χ1) is 9.62. The van der Waals surface area contributed by atoms with E-state index >= 15 is 0 Å². The molecule has 0 radical (unpaired) electrons. The standard InChI is InChI=1S/C14H10N4O2/c1-20-12-4-2-11(3-5-12)18-13(17)9(7-15)6-10(8-16)14(18)19/h2-6H,17H2,1H3. The van der Waals surface area contributed by atoms with Crippen LogP contribution in [0.1, 0.15) is 11.1 Å². The Morgan fingerprint density at radius 1 is 1.15 bits per heavy atom. The Morgan fingerprint density at radius 3 is 2.25 bits per heavy atom. The van der Waals surface area contributed by atoms with Gasteiger partial charge < -0.3 is 10.5 Å². The molecule has 1 heterocycles. The normalized spacial score (nSPS) is 9.55. The van der Waals surface area contributed by atoms with Crippen molar-refractivity contribution in [3.63, 3.8) is 0 Å². The Labute approximate surface area is 114 Å². The van der Waals surface area contributed by atoms with Gasteiger partial charge >= 0.3 is 0 Å². The summed E-state index contributed by atoms with van der Waals surface area (Å²) in [6.45, 7) is 0. The number of pyridine rings is 1. The maximum Gasteiger partial charge on any atom is 0.274 e. The molecule has 2 aromatic rings. The highest BCUT2D eigenvalue weighted by molar-refractivity contribution is 5.57. The molecule has 0 unspecified atom stereocenters. The van der Waals surface area contributed by atoms with Gasteiger partial charge in [0, 0.05) is 0 Å². The maximum atomic E-state index is 12.2. The van der Waals surface area contributed by atoms with Gasteiger partial charge in [0.25, 0.3) is 5.56 Å².